The predicted octanol–water partition coefficient (Wildman–Crippen LogP) is 5.75. The topological polar surface area (TPSA) is 83.4 Å². The van der Waals surface area contributed by atoms with Crippen LogP contribution < -0.4 is 0 Å². The van der Waals surface area contributed by atoms with Gasteiger partial charge >= 0.3 is 5.97 Å². The standard InChI is InChI=1S/C28H21N3O3S2/c1-17-25(30-23-8-3-2-7-22(23)29-17)21-6-4-5-19(15-21)16-24-26(32)31(28(35)36-24)14-13-18-9-11-20(12-10-18)27(33)34/h2-12,15-16H,13-14H2,1H3,(H,33,34). The number of fused-ring (bicyclic) bond motifs is 1. The molecular weight excluding hydrogens is 490 g/mol. The highest BCUT2D eigenvalue weighted by Crippen LogP contribution is 2.33. The largest absolute Gasteiger partial charge is 0.478 e. The summed E-state index contributed by atoms with van der Waals surface area (Å²) in [6.45, 7) is 2.38. The molecule has 3 aromatic carbocycles. The van der Waals surface area contributed by atoms with Crippen LogP contribution in [0.25, 0.3) is 28.4 Å². The van der Waals surface area contributed by atoms with Crippen molar-refractivity contribution in [2.24, 2.45) is 0 Å². The van der Waals surface area contributed by atoms with Gasteiger partial charge in [0.05, 0.1) is 32.9 Å². The summed E-state index contributed by atoms with van der Waals surface area (Å²) in [5.41, 5.74) is 6.33. The maximum Gasteiger partial charge on any atom is 0.335 e. The first-order valence-corrected chi connectivity index (χ1v) is 12.5. The van der Waals surface area contributed by atoms with Gasteiger partial charge in [0.15, 0.2) is 0 Å². The van der Waals surface area contributed by atoms with Crippen molar-refractivity contribution < 1.29 is 14.7 Å². The van der Waals surface area contributed by atoms with Gasteiger partial charge in [0.2, 0.25) is 0 Å². The zero-order valence-corrected chi connectivity index (χ0v) is 21.0. The lowest BCUT2D eigenvalue weighted by molar-refractivity contribution is -0.122. The summed E-state index contributed by atoms with van der Waals surface area (Å²) in [6.07, 6.45) is 2.43. The Kier molecular flexibility index (Phi) is 6.63. The second-order valence-electron chi connectivity index (χ2n) is 8.36. The van der Waals surface area contributed by atoms with Crippen molar-refractivity contribution >= 4 is 57.3 Å². The molecule has 2 heterocycles. The molecule has 1 amide bonds. The number of carbonyl (C=O) groups is 2. The van der Waals surface area contributed by atoms with Crippen molar-refractivity contribution in [3.05, 3.63) is 100 Å². The van der Waals surface area contributed by atoms with Gasteiger partial charge in [-0.2, -0.15) is 0 Å². The van der Waals surface area contributed by atoms with Gasteiger partial charge in [0.1, 0.15) is 4.32 Å². The minimum Gasteiger partial charge on any atom is -0.478 e. The Morgan fingerprint density at radius 3 is 2.47 bits per heavy atom. The monoisotopic (exact) mass is 511 g/mol. The molecule has 4 aromatic rings. The Balaban J connectivity index is 1.34. The molecule has 5 rings (SSSR count). The lowest BCUT2D eigenvalue weighted by Crippen LogP contribution is -2.30. The summed E-state index contributed by atoms with van der Waals surface area (Å²) < 4.78 is 0.515. The van der Waals surface area contributed by atoms with Gasteiger partial charge in [-0.3, -0.25) is 9.69 Å². The molecule has 0 atom stereocenters. The first kappa shape index (κ1) is 23.8. The third-order valence-electron chi connectivity index (χ3n) is 5.90. The van der Waals surface area contributed by atoms with E-state index >= 15 is 0 Å². The van der Waals surface area contributed by atoms with Gasteiger partial charge in [-0.25, -0.2) is 14.8 Å². The predicted molar refractivity (Wildman–Crippen MR) is 147 cm³/mol. The smallest absolute Gasteiger partial charge is 0.335 e. The summed E-state index contributed by atoms with van der Waals surface area (Å²) >= 11 is 6.76. The molecule has 1 aromatic heterocycles. The number of hydrogen-bond donors (Lipinski definition) is 1. The van der Waals surface area contributed by atoms with E-state index in [4.69, 9.17) is 22.3 Å². The molecular formula is C28H21N3O3S2. The zero-order chi connectivity index (χ0) is 25.2. The molecule has 0 saturated carbocycles. The molecule has 0 unspecified atom stereocenters. The molecule has 6 nitrogen and oxygen atoms in total. The third-order valence-corrected chi connectivity index (χ3v) is 7.28. The number of nitrogens with zero attached hydrogens (tertiary/aromatic N) is 3. The van der Waals surface area contributed by atoms with Crippen LogP contribution >= 0.6 is 24.0 Å². The van der Waals surface area contributed by atoms with Crippen LogP contribution in [0.1, 0.15) is 27.2 Å². The summed E-state index contributed by atoms with van der Waals surface area (Å²) in [5, 5.41) is 9.05. The van der Waals surface area contributed by atoms with Crippen LogP contribution in [0, 0.1) is 6.92 Å². The number of rotatable bonds is 6. The van der Waals surface area contributed by atoms with E-state index < -0.39 is 5.97 Å². The van der Waals surface area contributed by atoms with Gasteiger partial charge in [-0.1, -0.05) is 66.4 Å². The lowest BCUT2D eigenvalue weighted by Gasteiger charge is -2.14. The highest BCUT2D eigenvalue weighted by Gasteiger charge is 2.31. The number of thioether (sulfide) groups is 1. The molecule has 36 heavy (non-hydrogen) atoms. The van der Waals surface area contributed by atoms with E-state index in [1.807, 2.05) is 61.5 Å². The van der Waals surface area contributed by atoms with Crippen molar-refractivity contribution in [2.75, 3.05) is 6.54 Å². The Bertz CT molecular complexity index is 1550. The first-order valence-electron chi connectivity index (χ1n) is 11.3. The van der Waals surface area contributed by atoms with Crippen molar-refractivity contribution in [1.82, 2.24) is 14.9 Å². The van der Waals surface area contributed by atoms with Crippen molar-refractivity contribution in [1.29, 1.82) is 0 Å². The van der Waals surface area contributed by atoms with Crippen LogP contribution in [0.2, 0.25) is 0 Å². The number of para-hydroxylation sites is 2. The number of amides is 1. The molecule has 0 aliphatic carbocycles. The molecule has 1 fully saturated rings. The number of benzene rings is 3. The highest BCUT2D eigenvalue weighted by molar-refractivity contribution is 8.26. The van der Waals surface area contributed by atoms with E-state index in [0.29, 0.717) is 22.2 Å². The Labute approximate surface area is 217 Å². The molecule has 0 spiro atoms. The average Bonchev–Trinajstić information content (AvgIpc) is 3.14. The summed E-state index contributed by atoms with van der Waals surface area (Å²) in [4.78, 5) is 35.8. The number of thiocarbonyl (C=S) groups is 1. The number of carbonyl (C=O) groups excluding carboxylic acids is 1. The van der Waals surface area contributed by atoms with Crippen LogP contribution in [-0.4, -0.2) is 42.7 Å². The van der Waals surface area contributed by atoms with E-state index in [1.165, 1.54) is 11.8 Å². The van der Waals surface area contributed by atoms with Crippen LogP contribution in [0.15, 0.2) is 77.7 Å². The Morgan fingerprint density at radius 1 is 1.03 bits per heavy atom. The van der Waals surface area contributed by atoms with Crippen molar-refractivity contribution in [3.8, 4) is 11.3 Å². The molecule has 0 radical (unpaired) electrons. The van der Waals surface area contributed by atoms with Crippen molar-refractivity contribution in [3.63, 3.8) is 0 Å². The van der Waals surface area contributed by atoms with Crippen LogP contribution in [0.4, 0.5) is 0 Å². The second kappa shape index (κ2) is 10.0. The minimum atomic E-state index is -0.962. The minimum absolute atomic E-state index is 0.126. The number of hydrogen-bond acceptors (Lipinski definition) is 6. The summed E-state index contributed by atoms with van der Waals surface area (Å²) in [7, 11) is 0. The van der Waals surface area contributed by atoms with Crippen LogP contribution in [0.5, 0.6) is 0 Å². The maximum atomic E-state index is 13.1. The van der Waals surface area contributed by atoms with E-state index in [-0.39, 0.29) is 11.5 Å². The second-order valence-corrected chi connectivity index (χ2v) is 10.0. The van der Waals surface area contributed by atoms with Gasteiger partial charge in [-0.15, -0.1) is 0 Å². The third kappa shape index (κ3) is 4.91. The molecule has 1 aliphatic heterocycles. The van der Waals surface area contributed by atoms with E-state index in [2.05, 4.69) is 4.98 Å². The fraction of sp³-hybridized carbons (Fsp3) is 0.107. The number of carboxylic acid groups (broad SMARTS) is 1. The molecule has 0 bridgehead atoms. The number of aromatic carboxylic acids is 1. The van der Waals surface area contributed by atoms with Gasteiger partial charge < -0.3 is 5.11 Å². The number of aryl methyl sites for hydroxylation is 1. The average molecular weight is 512 g/mol. The maximum absolute atomic E-state index is 13.1. The highest BCUT2D eigenvalue weighted by atomic mass is 32.2. The fourth-order valence-electron chi connectivity index (χ4n) is 4.04. The molecule has 178 valence electrons. The number of carboxylic acids is 1. The zero-order valence-electron chi connectivity index (χ0n) is 19.3. The van der Waals surface area contributed by atoms with Crippen LogP contribution in [0.3, 0.4) is 0 Å². The molecule has 1 saturated heterocycles. The van der Waals surface area contributed by atoms with Gasteiger partial charge in [-0.05, 0) is 60.9 Å². The Hall–Kier alpha value is -3.88. The van der Waals surface area contributed by atoms with Crippen LogP contribution in [-0.2, 0) is 11.2 Å². The fourth-order valence-corrected chi connectivity index (χ4v) is 5.35. The van der Waals surface area contributed by atoms with E-state index in [9.17, 15) is 9.59 Å². The van der Waals surface area contributed by atoms with Gasteiger partial charge in [0, 0.05) is 12.1 Å². The molecule has 1 aliphatic rings. The molecule has 1 N–H and O–H groups in total. The summed E-state index contributed by atoms with van der Waals surface area (Å²) in [6, 6.07) is 22.3. The Morgan fingerprint density at radius 2 is 1.75 bits per heavy atom. The van der Waals surface area contributed by atoms with E-state index in [1.54, 1.807) is 29.2 Å². The van der Waals surface area contributed by atoms with E-state index in [0.717, 1.165) is 39.1 Å². The van der Waals surface area contributed by atoms with Crippen molar-refractivity contribution in [2.45, 2.75) is 13.3 Å². The summed E-state index contributed by atoms with van der Waals surface area (Å²) in [5.74, 6) is -1.09. The van der Waals surface area contributed by atoms with Gasteiger partial charge in [0.25, 0.3) is 5.91 Å². The first-order chi connectivity index (χ1) is 17.4. The SMILES string of the molecule is Cc1nc2ccccc2nc1-c1cccc(C=C2SC(=S)N(CCc3ccc(C(=O)O)cc3)C2=O)c1. The normalized spacial score (nSPS) is 14.7. The lowest BCUT2D eigenvalue weighted by atomic mass is 10.1. The number of aromatic nitrogens is 2. The molecule has 8 heteroatoms. The quantitative estimate of drug-likeness (QED) is 0.261.